The van der Waals surface area contributed by atoms with Gasteiger partial charge in [-0.1, -0.05) is 11.6 Å². The predicted molar refractivity (Wildman–Crippen MR) is 68.4 cm³/mol. The Bertz CT molecular complexity index is 484. The highest BCUT2D eigenvalue weighted by molar-refractivity contribution is 9.10. The number of benzene rings is 1. The van der Waals surface area contributed by atoms with Gasteiger partial charge < -0.3 is 4.90 Å². The monoisotopic (exact) mass is 297 g/mol. The number of hydrogen-bond acceptors (Lipinski definition) is 1. The van der Waals surface area contributed by atoms with E-state index >= 15 is 0 Å². The van der Waals surface area contributed by atoms with Crippen molar-refractivity contribution in [2.75, 3.05) is 13.1 Å². The Balaban J connectivity index is 2.19. The zero-order valence-electron chi connectivity index (χ0n) is 9.54. The van der Waals surface area contributed by atoms with Crippen molar-refractivity contribution in [3.8, 4) is 0 Å². The molecule has 0 bridgehead atoms. The van der Waals surface area contributed by atoms with Gasteiger partial charge in [-0.25, -0.2) is 4.39 Å². The third-order valence-corrected chi connectivity index (χ3v) is 3.39. The van der Waals surface area contributed by atoms with E-state index in [-0.39, 0.29) is 11.7 Å². The lowest BCUT2D eigenvalue weighted by Gasteiger charge is -2.26. The van der Waals surface area contributed by atoms with E-state index in [0.717, 1.165) is 13.0 Å². The fraction of sp³-hybridized carbons (Fsp3) is 0.308. The lowest BCUT2D eigenvalue weighted by Crippen LogP contribution is -2.35. The second kappa shape index (κ2) is 5.00. The normalized spacial score (nSPS) is 15.7. The minimum Gasteiger partial charge on any atom is -0.334 e. The maximum Gasteiger partial charge on any atom is 0.254 e. The molecule has 1 aliphatic heterocycles. The summed E-state index contributed by atoms with van der Waals surface area (Å²) in [5, 5.41) is 0. The minimum atomic E-state index is -0.351. The number of nitrogens with zero attached hydrogens (tertiary/aromatic N) is 1. The van der Waals surface area contributed by atoms with Crippen LogP contribution < -0.4 is 0 Å². The van der Waals surface area contributed by atoms with Crippen molar-refractivity contribution < 1.29 is 9.18 Å². The molecule has 0 aliphatic carbocycles. The summed E-state index contributed by atoms with van der Waals surface area (Å²) in [4.78, 5) is 14.0. The number of amides is 1. The fourth-order valence-electron chi connectivity index (χ4n) is 1.90. The lowest BCUT2D eigenvalue weighted by atomic mass is 10.1. The van der Waals surface area contributed by atoms with E-state index in [1.165, 1.54) is 23.8 Å². The zero-order chi connectivity index (χ0) is 12.4. The van der Waals surface area contributed by atoms with Gasteiger partial charge >= 0.3 is 0 Å². The Hall–Kier alpha value is -1.16. The van der Waals surface area contributed by atoms with Crippen LogP contribution in [0.25, 0.3) is 0 Å². The van der Waals surface area contributed by atoms with Crippen LogP contribution in [0.1, 0.15) is 23.7 Å². The minimum absolute atomic E-state index is 0.0434. The van der Waals surface area contributed by atoms with Gasteiger partial charge in [0.1, 0.15) is 5.82 Å². The van der Waals surface area contributed by atoms with Gasteiger partial charge in [0.15, 0.2) is 0 Å². The van der Waals surface area contributed by atoms with Gasteiger partial charge in [0.25, 0.3) is 5.91 Å². The van der Waals surface area contributed by atoms with Gasteiger partial charge in [-0.2, -0.15) is 0 Å². The first kappa shape index (κ1) is 12.3. The van der Waals surface area contributed by atoms with Crippen molar-refractivity contribution in [1.29, 1.82) is 0 Å². The molecule has 0 radical (unpaired) electrons. The standard InChI is InChI=1S/C13H13BrFNO/c1-9-3-2-6-16(8-9)13(17)10-4-5-12(15)11(14)7-10/h3-5,7H,2,6,8H2,1H3. The summed E-state index contributed by atoms with van der Waals surface area (Å²) >= 11 is 3.09. The Morgan fingerprint density at radius 2 is 2.24 bits per heavy atom. The van der Waals surface area contributed by atoms with Crippen molar-refractivity contribution in [1.82, 2.24) is 4.90 Å². The number of halogens is 2. The molecular formula is C13H13BrFNO. The van der Waals surface area contributed by atoms with Crippen molar-refractivity contribution in [2.24, 2.45) is 0 Å². The van der Waals surface area contributed by atoms with Gasteiger partial charge in [0.2, 0.25) is 0 Å². The van der Waals surface area contributed by atoms with Crippen LogP contribution in [0.15, 0.2) is 34.3 Å². The van der Waals surface area contributed by atoms with Gasteiger partial charge in [-0.15, -0.1) is 0 Å². The van der Waals surface area contributed by atoms with E-state index in [4.69, 9.17) is 0 Å². The smallest absolute Gasteiger partial charge is 0.254 e. The summed E-state index contributed by atoms with van der Waals surface area (Å²) in [5.41, 5.74) is 1.72. The molecule has 4 heteroatoms. The van der Waals surface area contributed by atoms with E-state index < -0.39 is 0 Å². The summed E-state index contributed by atoms with van der Waals surface area (Å²) in [7, 11) is 0. The second-order valence-electron chi connectivity index (χ2n) is 4.19. The molecule has 0 aromatic heterocycles. The third-order valence-electron chi connectivity index (χ3n) is 2.79. The molecule has 17 heavy (non-hydrogen) atoms. The van der Waals surface area contributed by atoms with Crippen molar-refractivity contribution >= 4 is 21.8 Å². The first-order chi connectivity index (χ1) is 8.08. The summed E-state index contributed by atoms with van der Waals surface area (Å²) in [5.74, 6) is -0.394. The molecule has 0 unspecified atom stereocenters. The highest BCUT2D eigenvalue weighted by Crippen LogP contribution is 2.19. The number of hydrogen-bond donors (Lipinski definition) is 0. The van der Waals surface area contributed by atoms with Crippen LogP contribution in [0, 0.1) is 5.82 Å². The Labute approximate surface area is 108 Å². The lowest BCUT2D eigenvalue weighted by molar-refractivity contribution is 0.0766. The molecule has 0 saturated heterocycles. The maximum atomic E-state index is 13.1. The van der Waals surface area contributed by atoms with E-state index in [0.29, 0.717) is 16.6 Å². The number of carbonyl (C=O) groups excluding carboxylic acids is 1. The molecule has 2 rings (SSSR count). The van der Waals surface area contributed by atoms with Crippen LogP contribution in [0.2, 0.25) is 0 Å². The van der Waals surface area contributed by atoms with E-state index in [2.05, 4.69) is 22.0 Å². The molecule has 0 N–H and O–H groups in total. The summed E-state index contributed by atoms with van der Waals surface area (Å²) in [6.45, 7) is 3.40. The second-order valence-corrected chi connectivity index (χ2v) is 5.05. The third kappa shape index (κ3) is 2.75. The van der Waals surface area contributed by atoms with Gasteiger partial charge in [0.05, 0.1) is 4.47 Å². The van der Waals surface area contributed by atoms with Gasteiger partial charge in [-0.3, -0.25) is 4.79 Å². The van der Waals surface area contributed by atoms with Gasteiger partial charge in [0, 0.05) is 18.7 Å². The molecule has 2 nitrogen and oxygen atoms in total. The predicted octanol–water partition coefficient (Wildman–Crippen LogP) is 3.38. The van der Waals surface area contributed by atoms with Crippen LogP contribution in [-0.4, -0.2) is 23.9 Å². The van der Waals surface area contributed by atoms with Crippen LogP contribution in [0.5, 0.6) is 0 Å². The molecule has 0 saturated carbocycles. The van der Waals surface area contributed by atoms with E-state index in [9.17, 15) is 9.18 Å². The summed E-state index contributed by atoms with van der Waals surface area (Å²) in [6, 6.07) is 4.37. The quantitative estimate of drug-likeness (QED) is 0.728. The average Bonchev–Trinajstić information content (AvgIpc) is 2.32. The summed E-state index contributed by atoms with van der Waals surface area (Å²) in [6.07, 6.45) is 3.03. The van der Waals surface area contributed by atoms with Crippen LogP contribution in [0.4, 0.5) is 4.39 Å². The van der Waals surface area contributed by atoms with Crippen LogP contribution in [-0.2, 0) is 0 Å². The Morgan fingerprint density at radius 1 is 1.47 bits per heavy atom. The van der Waals surface area contributed by atoms with Crippen molar-refractivity contribution in [2.45, 2.75) is 13.3 Å². The van der Waals surface area contributed by atoms with E-state index in [1.807, 2.05) is 6.92 Å². The molecule has 1 aromatic rings. The highest BCUT2D eigenvalue weighted by Gasteiger charge is 2.18. The molecule has 0 spiro atoms. The Morgan fingerprint density at radius 3 is 2.88 bits per heavy atom. The fourth-order valence-corrected chi connectivity index (χ4v) is 2.28. The highest BCUT2D eigenvalue weighted by atomic mass is 79.9. The first-order valence-electron chi connectivity index (χ1n) is 5.48. The summed E-state index contributed by atoms with van der Waals surface area (Å²) < 4.78 is 13.4. The van der Waals surface area contributed by atoms with Crippen molar-refractivity contribution in [3.63, 3.8) is 0 Å². The van der Waals surface area contributed by atoms with Crippen LogP contribution >= 0.6 is 15.9 Å². The van der Waals surface area contributed by atoms with E-state index in [1.54, 1.807) is 4.90 Å². The molecule has 1 amide bonds. The SMILES string of the molecule is CC1=CCCN(C(=O)c2ccc(F)c(Br)c2)C1. The van der Waals surface area contributed by atoms with Gasteiger partial charge in [-0.05, 0) is 47.5 Å². The maximum absolute atomic E-state index is 13.1. The molecule has 0 fully saturated rings. The number of rotatable bonds is 1. The molecular weight excluding hydrogens is 285 g/mol. The zero-order valence-corrected chi connectivity index (χ0v) is 11.1. The largest absolute Gasteiger partial charge is 0.334 e. The van der Waals surface area contributed by atoms with Crippen LogP contribution in [0.3, 0.4) is 0 Å². The number of carbonyl (C=O) groups is 1. The van der Waals surface area contributed by atoms with Crippen molar-refractivity contribution in [3.05, 3.63) is 45.7 Å². The molecule has 1 heterocycles. The first-order valence-corrected chi connectivity index (χ1v) is 6.27. The molecule has 0 atom stereocenters. The molecule has 90 valence electrons. The average molecular weight is 298 g/mol. The Kier molecular flexibility index (Phi) is 3.62. The molecule has 1 aromatic carbocycles. The topological polar surface area (TPSA) is 20.3 Å². The molecule has 1 aliphatic rings.